The summed E-state index contributed by atoms with van der Waals surface area (Å²) in [6, 6.07) is 15.0. The number of fused-ring (bicyclic) bond motifs is 3. The molecular formula is C24H19ClN4O2. The zero-order chi connectivity index (χ0) is 21.9. The number of nitrogens with zero attached hydrogens (tertiary/aromatic N) is 2. The van der Waals surface area contributed by atoms with Gasteiger partial charge in [-0.05, 0) is 43.5 Å². The van der Waals surface area contributed by atoms with Crippen molar-refractivity contribution in [3.63, 3.8) is 0 Å². The van der Waals surface area contributed by atoms with E-state index in [-0.39, 0.29) is 17.2 Å². The number of carbonyl (C=O) groups excluding carboxylic acids is 2. The van der Waals surface area contributed by atoms with Gasteiger partial charge in [0.05, 0.1) is 11.3 Å². The van der Waals surface area contributed by atoms with Gasteiger partial charge in [0.15, 0.2) is 5.78 Å². The van der Waals surface area contributed by atoms with Crippen LogP contribution in [0.3, 0.4) is 0 Å². The molecule has 3 aliphatic rings. The first-order valence-corrected chi connectivity index (χ1v) is 10.4. The van der Waals surface area contributed by atoms with Crippen molar-refractivity contribution in [1.82, 2.24) is 0 Å². The first-order valence-electron chi connectivity index (χ1n) is 10.1. The van der Waals surface area contributed by atoms with E-state index in [4.69, 9.17) is 17.3 Å². The molecule has 31 heavy (non-hydrogen) atoms. The van der Waals surface area contributed by atoms with E-state index in [0.717, 1.165) is 5.69 Å². The second-order valence-corrected chi connectivity index (χ2v) is 8.35. The van der Waals surface area contributed by atoms with E-state index in [1.165, 1.54) is 0 Å². The molecule has 6 nitrogen and oxygen atoms in total. The molecule has 0 radical (unpaired) electrons. The minimum absolute atomic E-state index is 0.0586. The molecule has 0 saturated heterocycles. The van der Waals surface area contributed by atoms with Crippen molar-refractivity contribution in [3.8, 4) is 6.07 Å². The van der Waals surface area contributed by atoms with Crippen molar-refractivity contribution < 1.29 is 9.59 Å². The Kier molecular flexibility index (Phi) is 4.21. The number of nitrogens with one attached hydrogen (secondary N) is 1. The summed E-state index contributed by atoms with van der Waals surface area (Å²) in [4.78, 5) is 28.8. The van der Waals surface area contributed by atoms with Gasteiger partial charge in [0, 0.05) is 34.0 Å². The van der Waals surface area contributed by atoms with E-state index >= 15 is 0 Å². The Hall–Kier alpha value is -3.56. The largest absolute Gasteiger partial charge is 0.384 e. The summed E-state index contributed by atoms with van der Waals surface area (Å²) in [6.45, 7) is 1.80. The molecule has 0 unspecified atom stereocenters. The molecule has 154 valence electrons. The van der Waals surface area contributed by atoms with Gasteiger partial charge in [0.1, 0.15) is 17.3 Å². The monoisotopic (exact) mass is 430 g/mol. The summed E-state index contributed by atoms with van der Waals surface area (Å²) in [5.74, 6) is -0.418. The lowest BCUT2D eigenvalue weighted by atomic mass is 9.63. The van der Waals surface area contributed by atoms with E-state index in [9.17, 15) is 14.9 Å². The average Bonchev–Trinajstić information content (AvgIpc) is 3.05. The van der Waals surface area contributed by atoms with Gasteiger partial charge in [-0.15, -0.1) is 0 Å². The molecule has 0 aromatic heterocycles. The smallest absolute Gasteiger partial charge is 0.245 e. The minimum Gasteiger partial charge on any atom is -0.384 e. The van der Waals surface area contributed by atoms with E-state index < -0.39 is 11.3 Å². The molecule has 2 aliphatic heterocycles. The summed E-state index contributed by atoms with van der Waals surface area (Å²) < 4.78 is 0. The third-order valence-electron chi connectivity index (χ3n) is 6.41. The Labute approximate surface area is 184 Å². The van der Waals surface area contributed by atoms with Gasteiger partial charge in [0.2, 0.25) is 5.91 Å². The zero-order valence-corrected chi connectivity index (χ0v) is 17.6. The van der Waals surface area contributed by atoms with Crippen molar-refractivity contribution in [1.29, 1.82) is 5.26 Å². The van der Waals surface area contributed by atoms with Gasteiger partial charge in [-0.2, -0.15) is 5.26 Å². The quantitative estimate of drug-likeness (QED) is 0.710. The number of benzene rings is 2. The predicted octanol–water partition coefficient (Wildman–Crippen LogP) is 4.06. The lowest BCUT2D eigenvalue weighted by Crippen LogP contribution is -2.50. The van der Waals surface area contributed by atoms with E-state index in [1.54, 1.807) is 24.0 Å². The molecular weight excluding hydrogens is 412 g/mol. The lowest BCUT2D eigenvalue weighted by molar-refractivity contribution is -0.122. The summed E-state index contributed by atoms with van der Waals surface area (Å²) in [7, 11) is 0. The van der Waals surface area contributed by atoms with Crippen LogP contribution in [0.1, 0.15) is 30.4 Å². The zero-order valence-electron chi connectivity index (χ0n) is 16.8. The van der Waals surface area contributed by atoms with Crippen molar-refractivity contribution in [2.75, 3.05) is 10.2 Å². The number of Topliss-reactive ketones (excluding diaryl/α,β-unsaturated/α-hetero) is 1. The fraction of sp³-hybridized carbons (Fsp3) is 0.208. The van der Waals surface area contributed by atoms with Gasteiger partial charge < -0.3 is 11.1 Å². The van der Waals surface area contributed by atoms with Crippen LogP contribution in [0, 0.1) is 18.3 Å². The number of nitrogens with two attached hydrogens (primary N) is 1. The van der Waals surface area contributed by atoms with Gasteiger partial charge in [-0.3, -0.25) is 14.5 Å². The molecule has 0 fully saturated rings. The van der Waals surface area contributed by atoms with Crippen LogP contribution in [0.15, 0.2) is 65.1 Å². The highest BCUT2D eigenvalue weighted by Gasteiger charge is 2.60. The summed E-state index contributed by atoms with van der Waals surface area (Å²) >= 11 is 6.30. The van der Waals surface area contributed by atoms with Crippen LogP contribution in [0.25, 0.3) is 0 Å². The highest BCUT2D eigenvalue weighted by atomic mass is 35.5. The van der Waals surface area contributed by atoms with Crippen LogP contribution < -0.4 is 16.0 Å². The Bertz CT molecular complexity index is 1270. The Morgan fingerprint density at radius 1 is 1.16 bits per heavy atom. The molecule has 1 aliphatic carbocycles. The van der Waals surface area contributed by atoms with Crippen LogP contribution in [0.4, 0.5) is 11.4 Å². The topological polar surface area (TPSA) is 99.2 Å². The van der Waals surface area contributed by atoms with E-state index in [0.29, 0.717) is 52.4 Å². The standard InChI is InChI=1S/C24H19ClN4O2/c1-13-17(25)11-10-15-21(13)28-23(31)24(15)16(12-26)22(27)29(14-6-3-2-4-7-14)18-8-5-9-19(30)20(18)24/h2-4,6-7,10-11H,5,8-9,27H2,1H3,(H,28,31)/t24-/m1/s1. The molecule has 0 saturated carbocycles. The van der Waals surface area contributed by atoms with Crippen molar-refractivity contribution >= 4 is 34.7 Å². The molecule has 2 aromatic carbocycles. The number of allylic oxidation sites excluding steroid dienone is 1. The number of ketones is 1. The maximum atomic E-state index is 13.6. The Balaban J connectivity index is 1.91. The number of amides is 1. The number of rotatable bonds is 1. The number of hydrogen-bond donors (Lipinski definition) is 2. The van der Waals surface area contributed by atoms with Crippen LogP contribution in [0.2, 0.25) is 5.02 Å². The number of carbonyl (C=O) groups is 2. The molecule has 3 N–H and O–H groups in total. The molecule has 1 atom stereocenters. The number of anilines is 2. The van der Waals surface area contributed by atoms with Crippen molar-refractivity contribution in [2.45, 2.75) is 31.6 Å². The predicted molar refractivity (Wildman–Crippen MR) is 118 cm³/mol. The molecule has 1 spiro atoms. The maximum absolute atomic E-state index is 13.6. The average molecular weight is 431 g/mol. The van der Waals surface area contributed by atoms with Gasteiger partial charge in [0.25, 0.3) is 0 Å². The third-order valence-corrected chi connectivity index (χ3v) is 6.82. The van der Waals surface area contributed by atoms with Crippen LogP contribution in [-0.2, 0) is 15.0 Å². The third kappa shape index (κ3) is 2.38. The van der Waals surface area contributed by atoms with Crippen molar-refractivity contribution in [3.05, 3.63) is 81.3 Å². The van der Waals surface area contributed by atoms with Crippen LogP contribution in [-0.4, -0.2) is 11.7 Å². The molecule has 2 heterocycles. The SMILES string of the molecule is Cc1c(Cl)ccc2c1NC(=O)[C@@]21C(C#N)=C(N)N(c2ccccc2)C2=C1C(=O)CCC2. The van der Waals surface area contributed by atoms with Crippen molar-refractivity contribution in [2.24, 2.45) is 5.73 Å². The fourth-order valence-electron chi connectivity index (χ4n) is 5.05. The van der Waals surface area contributed by atoms with Gasteiger partial charge in [-0.25, -0.2) is 0 Å². The minimum atomic E-state index is -1.57. The van der Waals surface area contributed by atoms with Gasteiger partial charge >= 0.3 is 0 Å². The first kappa shape index (κ1) is 19.4. The summed E-state index contributed by atoms with van der Waals surface area (Å²) in [5, 5.41) is 13.6. The fourth-order valence-corrected chi connectivity index (χ4v) is 5.21. The molecule has 0 bridgehead atoms. The molecule has 5 rings (SSSR count). The first-order chi connectivity index (χ1) is 14.9. The van der Waals surface area contributed by atoms with Crippen LogP contribution in [0.5, 0.6) is 0 Å². The summed E-state index contributed by atoms with van der Waals surface area (Å²) in [5.41, 5.74) is 8.62. The normalized spacial score (nSPS) is 22.4. The van der Waals surface area contributed by atoms with E-state index in [1.807, 2.05) is 30.3 Å². The second-order valence-electron chi connectivity index (χ2n) is 7.94. The Morgan fingerprint density at radius 3 is 2.61 bits per heavy atom. The molecule has 1 amide bonds. The number of hydrogen-bond acceptors (Lipinski definition) is 5. The second kappa shape index (κ2) is 6.73. The summed E-state index contributed by atoms with van der Waals surface area (Å²) in [6.07, 6.45) is 1.55. The number of para-hydroxylation sites is 1. The van der Waals surface area contributed by atoms with Gasteiger partial charge in [-0.1, -0.05) is 35.9 Å². The molecule has 7 heteroatoms. The lowest BCUT2D eigenvalue weighted by Gasteiger charge is -2.43. The Morgan fingerprint density at radius 2 is 1.90 bits per heavy atom. The number of nitriles is 1. The maximum Gasteiger partial charge on any atom is 0.245 e. The number of halogens is 1. The highest BCUT2D eigenvalue weighted by Crippen LogP contribution is 2.56. The van der Waals surface area contributed by atoms with Crippen LogP contribution >= 0.6 is 11.6 Å². The van der Waals surface area contributed by atoms with E-state index in [2.05, 4.69) is 11.4 Å². The molecule has 2 aromatic rings. The highest BCUT2D eigenvalue weighted by molar-refractivity contribution is 6.32.